The van der Waals surface area contributed by atoms with Gasteiger partial charge in [0.2, 0.25) is 0 Å². The van der Waals surface area contributed by atoms with Crippen LogP contribution in [-0.2, 0) is 0 Å². The molecule has 1 N–H and O–H groups in total. The van der Waals surface area contributed by atoms with Crippen LogP contribution in [0, 0.1) is 29.1 Å². The van der Waals surface area contributed by atoms with Crippen LogP contribution in [0.1, 0.15) is 38.5 Å². The van der Waals surface area contributed by atoms with Crippen molar-refractivity contribution in [2.75, 3.05) is 7.05 Å². The van der Waals surface area contributed by atoms with Crippen molar-refractivity contribution in [3.8, 4) is 0 Å². The minimum absolute atomic E-state index is 0.808. The SMILES string of the molecule is CN[C@@H]1CC12C1CC3CC(C1)CC2C3. The van der Waals surface area contributed by atoms with Gasteiger partial charge in [0.1, 0.15) is 0 Å². The second kappa shape index (κ2) is 2.37. The molecule has 0 aromatic heterocycles. The molecule has 1 spiro atoms. The van der Waals surface area contributed by atoms with Gasteiger partial charge in [-0.05, 0) is 74.7 Å². The Kier molecular flexibility index (Phi) is 1.38. The summed E-state index contributed by atoms with van der Waals surface area (Å²) >= 11 is 0. The van der Waals surface area contributed by atoms with Gasteiger partial charge in [0.15, 0.2) is 0 Å². The normalized spacial score (nSPS) is 63.6. The van der Waals surface area contributed by atoms with Crippen molar-refractivity contribution in [2.45, 2.75) is 44.6 Å². The first-order valence-corrected chi connectivity index (χ1v) is 6.50. The molecule has 14 heavy (non-hydrogen) atoms. The Morgan fingerprint density at radius 3 is 1.93 bits per heavy atom. The Labute approximate surface area is 86.6 Å². The van der Waals surface area contributed by atoms with Gasteiger partial charge in [-0.2, -0.15) is 0 Å². The topological polar surface area (TPSA) is 12.0 Å². The lowest BCUT2D eigenvalue weighted by Gasteiger charge is -2.55. The van der Waals surface area contributed by atoms with Gasteiger partial charge < -0.3 is 5.32 Å². The average Bonchev–Trinajstić information content (AvgIpc) is 2.89. The van der Waals surface area contributed by atoms with E-state index in [-0.39, 0.29) is 0 Å². The summed E-state index contributed by atoms with van der Waals surface area (Å²) in [6.45, 7) is 0. The first kappa shape index (κ1) is 8.15. The largest absolute Gasteiger partial charge is 0.316 e. The maximum atomic E-state index is 3.56. The fourth-order valence-electron chi connectivity index (χ4n) is 5.63. The van der Waals surface area contributed by atoms with Gasteiger partial charge in [-0.1, -0.05) is 0 Å². The number of hydrogen-bond donors (Lipinski definition) is 1. The molecule has 1 atom stereocenters. The van der Waals surface area contributed by atoms with Gasteiger partial charge in [0.05, 0.1) is 0 Å². The van der Waals surface area contributed by atoms with Gasteiger partial charge in [0, 0.05) is 6.04 Å². The van der Waals surface area contributed by atoms with E-state index in [0.717, 1.165) is 35.1 Å². The molecule has 0 heterocycles. The van der Waals surface area contributed by atoms with Gasteiger partial charge >= 0.3 is 0 Å². The second-order valence-corrected chi connectivity index (χ2v) is 6.46. The van der Waals surface area contributed by atoms with Crippen molar-refractivity contribution in [1.29, 1.82) is 0 Å². The zero-order valence-electron chi connectivity index (χ0n) is 9.13. The average molecular weight is 191 g/mol. The fourth-order valence-corrected chi connectivity index (χ4v) is 5.63. The standard InChI is InChI=1S/C13H21N/c1-14-12-7-13(12)10-3-8-2-9(5-10)6-11(13)4-8/h8-12,14H,2-7H2,1H3/t8?,9?,10?,11?,12-,13?/m1/s1. The van der Waals surface area contributed by atoms with E-state index in [4.69, 9.17) is 0 Å². The summed E-state index contributed by atoms with van der Waals surface area (Å²) in [4.78, 5) is 0. The molecule has 0 saturated heterocycles. The minimum atomic E-state index is 0.808. The Balaban J connectivity index is 1.69. The molecule has 1 heteroatoms. The molecule has 78 valence electrons. The van der Waals surface area contributed by atoms with Crippen molar-refractivity contribution >= 4 is 0 Å². The molecule has 5 aliphatic rings. The molecule has 0 unspecified atom stereocenters. The first-order valence-electron chi connectivity index (χ1n) is 6.50. The van der Waals surface area contributed by atoms with Crippen LogP contribution in [0.4, 0.5) is 0 Å². The first-order chi connectivity index (χ1) is 6.83. The van der Waals surface area contributed by atoms with Crippen molar-refractivity contribution < 1.29 is 0 Å². The Bertz CT molecular complexity index is 242. The third-order valence-corrected chi connectivity index (χ3v) is 6.05. The quantitative estimate of drug-likeness (QED) is 0.671. The molecule has 5 aliphatic carbocycles. The van der Waals surface area contributed by atoms with Crippen LogP contribution in [0.2, 0.25) is 0 Å². The van der Waals surface area contributed by atoms with Crippen LogP contribution in [0.5, 0.6) is 0 Å². The molecule has 0 radical (unpaired) electrons. The van der Waals surface area contributed by atoms with Crippen LogP contribution in [0.25, 0.3) is 0 Å². The van der Waals surface area contributed by atoms with Crippen molar-refractivity contribution in [1.82, 2.24) is 5.32 Å². The molecule has 4 bridgehead atoms. The van der Waals surface area contributed by atoms with Crippen LogP contribution < -0.4 is 5.32 Å². The van der Waals surface area contributed by atoms with E-state index < -0.39 is 0 Å². The van der Waals surface area contributed by atoms with Crippen molar-refractivity contribution in [3.05, 3.63) is 0 Å². The molecule has 5 saturated carbocycles. The summed E-state index contributed by atoms with van der Waals surface area (Å²) in [5.74, 6) is 4.52. The third-order valence-electron chi connectivity index (χ3n) is 6.05. The van der Waals surface area contributed by atoms with Crippen LogP contribution >= 0.6 is 0 Å². The summed E-state index contributed by atoms with van der Waals surface area (Å²) in [6, 6.07) is 0.900. The zero-order chi connectivity index (χ0) is 9.34. The number of hydrogen-bond acceptors (Lipinski definition) is 1. The predicted molar refractivity (Wildman–Crippen MR) is 56.9 cm³/mol. The van der Waals surface area contributed by atoms with Crippen LogP contribution in [0.15, 0.2) is 0 Å². The summed E-state index contributed by atoms with van der Waals surface area (Å²) in [5, 5.41) is 3.56. The van der Waals surface area contributed by atoms with E-state index in [2.05, 4.69) is 12.4 Å². The lowest BCUT2D eigenvalue weighted by molar-refractivity contribution is -0.0560. The Hall–Kier alpha value is -0.0400. The number of rotatable bonds is 1. The monoisotopic (exact) mass is 191 g/mol. The van der Waals surface area contributed by atoms with Gasteiger partial charge in [0.25, 0.3) is 0 Å². The second-order valence-electron chi connectivity index (χ2n) is 6.46. The highest BCUT2D eigenvalue weighted by molar-refractivity contribution is 5.20. The van der Waals surface area contributed by atoms with Crippen LogP contribution in [-0.4, -0.2) is 13.1 Å². The fraction of sp³-hybridized carbons (Fsp3) is 1.00. The lowest BCUT2D eigenvalue weighted by Crippen LogP contribution is -2.48. The van der Waals surface area contributed by atoms with Gasteiger partial charge in [-0.3, -0.25) is 0 Å². The Morgan fingerprint density at radius 1 is 0.929 bits per heavy atom. The summed E-state index contributed by atoms with van der Waals surface area (Å²) < 4.78 is 0. The van der Waals surface area contributed by atoms with Crippen molar-refractivity contribution in [2.24, 2.45) is 29.1 Å². The van der Waals surface area contributed by atoms with E-state index >= 15 is 0 Å². The van der Waals surface area contributed by atoms with Crippen LogP contribution in [0.3, 0.4) is 0 Å². The Morgan fingerprint density at radius 2 is 1.50 bits per heavy atom. The zero-order valence-corrected chi connectivity index (χ0v) is 9.13. The summed E-state index contributed by atoms with van der Waals surface area (Å²) in [7, 11) is 2.17. The summed E-state index contributed by atoms with van der Waals surface area (Å²) in [6.07, 6.45) is 9.46. The molecule has 1 nitrogen and oxygen atoms in total. The minimum Gasteiger partial charge on any atom is -0.316 e. The van der Waals surface area contributed by atoms with E-state index in [1.807, 2.05) is 0 Å². The van der Waals surface area contributed by atoms with Gasteiger partial charge in [-0.25, -0.2) is 0 Å². The summed E-state index contributed by atoms with van der Waals surface area (Å²) in [5.41, 5.74) is 0.808. The molecule has 5 fully saturated rings. The van der Waals surface area contributed by atoms with Crippen molar-refractivity contribution in [3.63, 3.8) is 0 Å². The number of nitrogens with one attached hydrogen (secondary N) is 1. The van der Waals surface area contributed by atoms with Gasteiger partial charge in [-0.15, -0.1) is 0 Å². The molecular formula is C13H21N. The maximum absolute atomic E-state index is 3.56. The molecule has 5 rings (SSSR count). The smallest absolute Gasteiger partial charge is 0.0132 e. The molecule has 0 aromatic carbocycles. The van der Waals surface area contributed by atoms with E-state index in [9.17, 15) is 0 Å². The maximum Gasteiger partial charge on any atom is 0.0132 e. The van der Waals surface area contributed by atoms with E-state index in [1.165, 1.54) is 6.42 Å². The third kappa shape index (κ3) is 0.778. The lowest BCUT2D eigenvalue weighted by atomic mass is 9.50. The highest BCUT2D eigenvalue weighted by Gasteiger charge is 2.67. The highest BCUT2D eigenvalue weighted by Crippen LogP contribution is 2.71. The highest BCUT2D eigenvalue weighted by atomic mass is 15.0. The van der Waals surface area contributed by atoms with E-state index in [1.54, 1.807) is 32.1 Å². The predicted octanol–water partition coefficient (Wildman–Crippen LogP) is 2.42. The molecular weight excluding hydrogens is 170 g/mol. The van der Waals surface area contributed by atoms with E-state index in [0.29, 0.717) is 0 Å². The molecule has 0 aromatic rings. The molecule has 0 amide bonds. The molecule has 0 aliphatic heterocycles.